The Bertz CT molecular complexity index is 2180. The molecule has 0 bridgehead atoms. The lowest BCUT2D eigenvalue weighted by atomic mass is 9.87. The molecule has 0 spiro atoms. The van der Waals surface area contributed by atoms with Gasteiger partial charge in [-0.1, -0.05) is 157 Å². The number of hydrogen-bond acceptors (Lipinski definition) is 2. The molecule has 7 aromatic rings. The molecule has 0 amide bonds. The van der Waals surface area contributed by atoms with Gasteiger partial charge in [0, 0.05) is 33.0 Å². The van der Waals surface area contributed by atoms with E-state index in [2.05, 4.69) is 175 Å². The van der Waals surface area contributed by atoms with Crippen LogP contribution in [0.25, 0.3) is 66.3 Å². The number of rotatable bonds is 4. The Morgan fingerprint density at radius 2 is 0.891 bits per heavy atom. The third kappa shape index (κ3) is 5.61. The minimum atomic E-state index is -0.110. The van der Waals surface area contributed by atoms with Gasteiger partial charge in [0.1, 0.15) is 0 Å². The summed E-state index contributed by atoms with van der Waals surface area (Å²) in [5.74, 6) is 0. The lowest BCUT2D eigenvalue weighted by Gasteiger charge is -2.22. The molecular formula is C44H40N2. The van der Waals surface area contributed by atoms with E-state index in [-0.39, 0.29) is 10.8 Å². The molecule has 0 unspecified atom stereocenters. The fourth-order valence-corrected chi connectivity index (χ4v) is 6.20. The summed E-state index contributed by atoms with van der Waals surface area (Å²) in [6.45, 7) is 13.3. The van der Waals surface area contributed by atoms with Crippen LogP contribution in [0, 0.1) is 0 Å². The monoisotopic (exact) mass is 596 g/mol. The molecule has 0 saturated carbocycles. The van der Waals surface area contributed by atoms with Crippen LogP contribution < -0.4 is 0 Å². The van der Waals surface area contributed by atoms with E-state index in [4.69, 9.17) is 9.97 Å². The normalized spacial score (nSPS) is 12.1. The predicted molar refractivity (Wildman–Crippen MR) is 196 cm³/mol. The summed E-state index contributed by atoms with van der Waals surface area (Å²) >= 11 is 0. The molecule has 0 fully saturated rings. The van der Waals surface area contributed by atoms with E-state index in [1.807, 2.05) is 0 Å². The summed E-state index contributed by atoms with van der Waals surface area (Å²) in [7, 11) is 0. The van der Waals surface area contributed by atoms with Gasteiger partial charge in [-0.3, -0.25) is 0 Å². The van der Waals surface area contributed by atoms with Crippen molar-refractivity contribution in [1.82, 2.24) is 9.97 Å². The Morgan fingerprint density at radius 1 is 0.370 bits per heavy atom. The average Bonchev–Trinajstić information content (AvgIpc) is 3.07. The van der Waals surface area contributed by atoms with E-state index in [1.165, 1.54) is 44.5 Å². The molecule has 2 nitrogen and oxygen atoms in total. The molecule has 5 aromatic carbocycles. The number of benzene rings is 5. The topological polar surface area (TPSA) is 25.8 Å². The summed E-state index contributed by atoms with van der Waals surface area (Å²) in [4.78, 5) is 10.4. The Morgan fingerprint density at radius 3 is 1.52 bits per heavy atom. The van der Waals surface area contributed by atoms with E-state index in [1.54, 1.807) is 0 Å². The van der Waals surface area contributed by atoms with Crippen molar-refractivity contribution >= 4 is 21.8 Å². The first-order valence-electron chi connectivity index (χ1n) is 16.2. The predicted octanol–water partition coefficient (Wildman–Crippen LogP) is 12.0. The summed E-state index contributed by atoms with van der Waals surface area (Å²) in [6.07, 6.45) is 0. The largest absolute Gasteiger partial charge is 0.250 e. The van der Waals surface area contributed by atoms with Gasteiger partial charge in [0.25, 0.3) is 0 Å². The van der Waals surface area contributed by atoms with Crippen molar-refractivity contribution in [2.45, 2.75) is 52.4 Å². The first kappa shape index (κ1) is 29.6. The number of nitrogens with zero attached hydrogens (tertiary/aromatic N) is 2. The molecule has 0 aliphatic heterocycles. The van der Waals surface area contributed by atoms with Crippen LogP contribution in [0.4, 0.5) is 0 Å². The van der Waals surface area contributed by atoms with Gasteiger partial charge in [-0.25, -0.2) is 9.97 Å². The molecule has 0 atom stereocenters. The highest BCUT2D eigenvalue weighted by atomic mass is 14.8. The molecule has 0 saturated heterocycles. The second-order valence-corrected chi connectivity index (χ2v) is 14.4. The highest BCUT2D eigenvalue weighted by molar-refractivity contribution is 6.08. The molecule has 2 heteroatoms. The second kappa shape index (κ2) is 11.4. The van der Waals surface area contributed by atoms with Crippen LogP contribution in [0.3, 0.4) is 0 Å². The van der Waals surface area contributed by atoms with E-state index in [0.29, 0.717) is 0 Å². The smallest absolute Gasteiger partial charge is 0.0974 e. The molecule has 226 valence electrons. The SMILES string of the molecule is CC(C)(C)c1ccc2ccc3c(-c4ccc(-c5ccc(-c6ccccc6)c(-c6ccccc6)c5)cc4)cc(C(C)(C)C)nc3c2n1. The van der Waals surface area contributed by atoms with Gasteiger partial charge in [0.2, 0.25) is 0 Å². The Balaban J connectivity index is 1.36. The van der Waals surface area contributed by atoms with Gasteiger partial charge in [0.05, 0.1) is 11.0 Å². The zero-order valence-corrected chi connectivity index (χ0v) is 27.6. The molecule has 0 radical (unpaired) electrons. The standard InChI is InChI=1S/C44H40N2/c1-43(2,3)39-26-23-33-21-25-36-38(28-40(44(4,5)6)46-42(36)41(33)45-39)32-19-17-29(18-20-32)34-22-24-35(30-13-9-7-10-14-30)37(27-34)31-15-11-8-12-16-31/h7-28H,1-6H3. The van der Waals surface area contributed by atoms with E-state index >= 15 is 0 Å². The van der Waals surface area contributed by atoms with Crippen LogP contribution in [-0.2, 0) is 10.8 Å². The lowest BCUT2D eigenvalue weighted by molar-refractivity contribution is 0.570. The van der Waals surface area contributed by atoms with Gasteiger partial charge < -0.3 is 0 Å². The molecule has 46 heavy (non-hydrogen) atoms. The minimum absolute atomic E-state index is 0.0453. The first-order chi connectivity index (χ1) is 22.1. The molecular weight excluding hydrogens is 556 g/mol. The fourth-order valence-electron chi connectivity index (χ4n) is 6.20. The molecule has 0 N–H and O–H groups in total. The third-order valence-corrected chi connectivity index (χ3v) is 8.89. The van der Waals surface area contributed by atoms with Crippen LogP contribution in [0.5, 0.6) is 0 Å². The number of aromatic nitrogens is 2. The third-order valence-electron chi connectivity index (χ3n) is 8.89. The molecule has 7 rings (SSSR count). The van der Waals surface area contributed by atoms with Crippen molar-refractivity contribution in [3.05, 3.63) is 145 Å². The highest BCUT2D eigenvalue weighted by Gasteiger charge is 2.22. The first-order valence-corrected chi connectivity index (χ1v) is 16.2. The van der Waals surface area contributed by atoms with Gasteiger partial charge in [-0.05, 0) is 62.7 Å². The number of fused-ring (bicyclic) bond motifs is 3. The van der Waals surface area contributed by atoms with Gasteiger partial charge in [-0.2, -0.15) is 0 Å². The van der Waals surface area contributed by atoms with Crippen molar-refractivity contribution in [3.63, 3.8) is 0 Å². The summed E-state index contributed by atoms with van der Waals surface area (Å²) < 4.78 is 0. The van der Waals surface area contributed by atoms with Crippen molar-refractivity contribution in [1.29, 1.82) is 0 Å². The maximum absolute atomic E-state index is 5.26. The van der Waals surface area contributed by atoms with Crippen LogP contribution in [0.2, 0.25) is 0 Å². The van der Waals surface area contributed by atoms with Crippen molar-refractivity contribution in [3.8, 4) is 44.5 Å². The molecule has 2 heterocycles. The van der Waals surface area contributed by atoms with E-state index in [0.717, 1.165) is 33.2 Å². The van der Waals surface area contributed by atoms with Crippen LogP contribution >= 0.6 is 0 Å². The van der Waals surface area contributed by atoms with Gasteiger partial charge in [-0.15, -0.1) is 0 Å². The lowest BCUT2D eigenvalue weighted by Crippen LogP contribution is -2.15. The van der Waals surface area contributed by atoms with Crippen molar-refractivity contribution in [2.75, 3.05) is 0 Å². The number of pyridine rings is 2. The van der Waals surface area contributed by atoms with Crippen molar-refractivity contribution in [2.24, 2.45) is 0 Å². The average molecular weight is 597 g/mol. The van der Waals surface area contributed by atoms with Crippen molar-refractivity contribution < 1.29 is 0 Å². The maximum Gasteiger partial charge on any atom is 0.0974 e. The van der Waals surface area contributed by atoms with E-state index in [9.17, 15) is 0 Å². The molecule has 0 aliphatic carbocycles. The van der Waals surface area contributed by atoms with Crippen LogP contribution in [-0.4, -0.2) is 9.97 Å². The van der Waals surface area contributed by atoms with Crippen LogP contribution in [0.15, 0.2) is 133 Å². The second-order valence-electron chi connectivity index (χ2n) is 14.4. The Kier molecular flexibility index (Phi) is 7.32. The highest BCUT2D eigenvalue weighted by Crippen LogP contribution is 2.39. The zero-order valence-electron chi connectivity index (χ0n) is 27.6. The Labute approximate surface area is 272 Å². The minimum Gasteiger partial charge on any atom is -0.250 e. The maximum atomic E-state index is 5.26. The fraction of sp³-hybridized carbons (Fsp3) is 0.182. The summed E-state index contributed by atoms with van der Waals surface area (Å²) in [5.41, 5.74) is 13.6. The summed E-state index contributed by atoms with van der Waals surface area (Å²) in [6, 6.07) is 48.2. The number of hydrogen-bond donors (Lipinski definition) is 0. The van der Waals surface area contributed by atoms with Crippen LogP contribution in [0.1, 0.15) is 52.9 Å². The Hall–Kier alpha value is -5.08. The molecule has 0 aliphatic rings. The van der Waals surface area contributed by atoms with Gasteiger partial charge >= 0.3 is 0 Å². The summed E-state index contributed by atoms with van der Waals surface area (Å²) in [5, 5.41) is 2.25. The van der Waals surface area contributed by atoms with E-state index < -0.39 is 0 Å². The zero-order chi connectivity index (χ0) is 32.1. The quantitative estimate of drug-likeness (QED) is 0.189. The molecule has 2 aromatic heterocycles. The van der Waals surface area contributed by atoms with Gasteiger partial charge in [0.15, 0.2) is 0 Å².